The van der Waals surface area contributed by atoms with Crippen LogP contribution in [0.1, 0.15) is 62.1 Å². The average Bonchev–Trinajstić information content (AvgIpc) is 3.40. The van der Waals surface area contributed by atoms with Crippen LogP contribution in [0, 0.1) is 18.3 Å². The van der Waals surface area contributed by atoms with Crippen LogP contribution in [0.15, 0.2) is 23.2 Å². The molecule has 11 nitrogen and oxygen atoms in total. The molecule has 0 radical (unpaired) electrons. The summed E-state index contributed by atoms with van der Waals surface area (Å²) in [6.45, 7) is 10.5. The fourth-order valence-electron chi connectivity index (χ4n) is 9.28. The molecule has 12 heteroatoms. The van der Waals surface area contributed by atoms with Gasteiger partial charge in [0, 0.05) is 53.5 Å². The van der Waals surface area contributed by atoms with Crippen molar-refractivity contribution in [2.45, 2.75) is 76.0 Å². The number of ether oxygens (including phenoxy) is 5. The highest BCUT2D eigenvalue weighted by atomic mass is 32.2. The van der Waals surface area contributed by atoms with Crippen LogP contribution < -0.4 is 19.9 Å². The summed E-state index contributed by atoms with van der Waals surface area (Å²) in [7, 11) is 3.72. The lowest BCUT2D eigenvalue weighted by Crippen LogP contribution is -2.72. The minimum atomic E-state index is -0.822. The number of carbonyl (C=O) groups is 2. The summed E-state index contributed by atoms with van der Waals surface area (Å²) in [5.41, 5.74) is 8.51. The van der Waals surface area contributed by atoms with E-state index in [0.29, 0.717) is 34.3 Å². The van der Waals surface area contributed by atoms with E-state index in [1.807, 2.05) is 13.8 Å². The number of benzene rings is 1. The van der Waals surface area contributed by atoms with Crippen molar-refractivity contribution in [1.29, 1.82) is 0 Å². The van der Waals surface area contributed by atoms with Gasteiger partial charge in [0.15, 0.2) is 17.3 Å². The number of carbonyl (C=O) groups excluding carboxylic acids is 2. The second-order valence-electron chi connectivity index (χ2n) is 13.5. The van der Waals surface area contributed by atoms with Crippen molar-refractivity contribution >= 4 is 23.7 Å². The molecule has 6 aliphatic heterocycles. The van der Waals surface area contributed by atoms with E-state index < -0.39 is 35.0 Å². The first-order valence-corrected chi connectivity index (χ1v) is 16.2. The molecule has 8 rings (SSSR count). The summed E-state index contributed by atoms with van der Waals surface area (Å²) in [4.78, 5) is 30.6. The molecule has 3 N–H and O–H groups in total. The number of nitrogens with two attached hydrogens (primary N) is 1. The highest BCUT2D eigenvalue weighted by Crippen LogP contribution is 2.66. The molecule has 0 saturated carbocycles. The van der Waals surface area contributed by atoms with Gasteiger partial charge in [0.1, 0.15) is 24.2 Å². The normalized spacial score (nSPS) is 39.0. The van der Waals surface area contributed by atoms with Gasteiger partial charge in [-0.1, -0.05) is 13.0 Å². The van der Waals surface area contributed by atoms with Gasteiger partial charge in [0.25, 0.3) is 0 Å². The van der Waals surface area contributed by atoms with Gasteiger partial charge in [-0.05, 0) is 45.7 Å². The Balaban J connectivity index is 1.56. The lowest BCUT2D eigenvalue weighted by molar-refractivity contribution is -0.154. The number of methoxy groups -OCH3 is 1. The van der Waals surface area contributed by atoms with Crippen molar-refractivity contribution < 1.29 is 38.4 Å². The Labute approximate surface area is 261 Å². The maximum atomic E-state index is 13.1. The van der Waals surface area contributed by atoms with Crippen LogP contribution in [0.25, 0.3) is 0 Å². The molecule has 4 fully saturated rings. The third kappa shape index (κ3) is 3.86. The molecular weight excluding hydrogens is 586 g/mol. The molecule has 1 aliphatic carbocycles. The number of nitrogens with zero attached hydrogens (tertiary/aromatic N) is 2. The predicted octanol–water partition coefficient (Wildman–Crippen LogP) is 3.51. The number of aliphatic hydroxyl groups is 1. The molecule has 0 spiro atoms. The van der Waals surface area contributed by atoms with Gasteiger partial charge in [-0.25, -0.2) is 0 Å². The number of rotatable bonds is 2. The quantitative estimate of drug-likeness (QED) is 0.367. The minimum Gasteiger partial charge on any atom is -0.508 e. The van der Waals surface area contributed by atoms with Gasteiger partial charge >= 0.3 is 11.9 Å². The van der Waals surface area contributed by atoms with Crippen LogP contribution >= 0.6 is 11.8 Å². The Morgan fingerprint density at radius 1 is 1.18 bits per heavy atom. The maximum Gasteiger partial charge on any atom is 0.323 e. The highest BCUT2D eigenvalue weighted by Gasteiger charge is 2.67. The van der Waals surface area contributed by atoms with Crippen LogP contribution in [0.3, 0.4) is 0 Å². The van der Waals surface area contributed by atoms with Gasteiger partial charge in [-0.15, -0.1) is 11.8 Å². The van der Waals surface area contributed by atoms with Crippen LogP contribution in [-0.4, -0.2) is 90.4 Å². The van der Waals surface area contributed by atoms with Crippen LogP contribution in [-0.2, 0) is 19.1 Å². The van der Waals surface area contributed by atoms with Crippen molar-refractivity contribution in [2.75, 3.05) is 39.9 Å². The molecule has 0 aromatic heterocycles. The molecule has 9 atom stereocenters. The number of fused-ring (bicyclic) bond motifs is 6. The Kier molecular flexibility index (Phi) is 6.79. The van der Waals surface area contributed by atoms with E-state index in [2.05, 4.69) is 36.8 Å². The Morgan fingerprint density at radius 2 is 1.91 bits per heavy atom. The first-order chi connectivity index (χ1) is 20.8. The molecule has 6 heterocycles. The number of allylic oxidation sites excluding steroid dienone is 2. The number of likely N-dealkylation sites (N-methyl/N-ethyl adjacent to an activating group) is 1. The fraction of sp³-hybridized carbons (Fsp3) is 0.625. The van der Waals surface area contributed by atoms with Gasteiger partial charge in [0.2, 0.25) is 6.79 Å². The second kappa shape index (κ2) is 10.0. The summed E-state index contributed by atoms with van der Waals surface area (Å²) in [6.07, 6.45) is 3.00. The van der Waals surface area contributed by atoms with E-state index in [4.69, 9.17) is 29.4 Å². The molecule has 4 saturated heterocycles. The Hall–Kier alpha value is -2.93. The third-order valence-corrected chi connectivity index (χ3v) is 12.3. The van der Waals surface area contributed by atoms with E-state index in [0.717, 1.165) is 29.7 Å². The topological polar surface area (TPSA) is 133 Å². The standard InChI is InChI=1S/C32H41N3O8S/c1-14-8-17-9-31(4)12-34(6)28(32(17,5)29(37)23(14)39-7)22-27-21-20(19(35(22)31)10-40-30(38)18(33)11-44-27)26-25(41-13-42-26)15(2)24(21)43-16(3)36/h8,17-19,22,27-28,37H,9-13,33H2,1-7H3/t17?,18?,19-,22?,27+,28+,31?,32?/m0/s1. The van der Waals surface area contributed by atoms with Gasteiger partial charge in [-0.2, -0.15) is 0 Å². The molecule has 7 aliphatic rings. The Bertz CT molecular complexity index is 1530. The molecular formula is C32H41N3O8S. The van der Waals surface area contributed by atoms with E-state index >= 15 is 0 Å². The molecule has 238 valence electrons. The molecule has 4 bridgehead atoms. The number of hydrogen-bond acceptors (Lipinski definition) is 12. The zero-order chi connectivity index (χ0) is 31.5. The van der Waals surface area contributed by atoms with Crippen molar-refractivity contribution in [2.24, 2.45) is 17.1 Å². The molecule has 44 heavy (non-hydrogen) atoms. The van der Waals surface area contributed by atoms with E-state index in [9.17, 15) is 14.7 Å². The molecule has 0 amide bonds. The smallest absolute Gasteiger partial charge is 0.323 e. The van der Waals surface area contributed by atoms with E-state index in [1.165, 1.54) is 6.92 Å². The number of aliphatic hydroxyl groups excluding tert-OH is 1. The van der Waals surface area contributed by atoms with Crippen LogP contribution in [0.5, 0.6) is 17.2 Å². The second-order valence-corrected chi connectivity index (χ2v) is 14.7. The fourth-order valence-corrected chi connectivity index (χ4v) is 10.7. The van der Waals surface area contributed by atoms with Crippen LogP contribution in [0.4, 0.5) is 0 Å². The number of cyclic esters (lactones) is 1. The lowest BCUT2D eigenvalue weighted by atomic mass is 9.63. The van der Waals surface area contributed by atoms with E-state index in [-0.39, 0.29) is 42.4 Å². The largest absolute Gasteiger partial charge is 0.508 e. The predicted molar refractivity (Wildman–Crippen MR) is 163 cm³/mol. The van der Waals surface area contributed by atoms with Gasteiger partial charge in [-0.3, -0.25) is 19.4 Å². The monoisotopic (exact) mass is 627 g/mol. The van der Waals surface area contributed by atoms with Crippen molar-refractivity contribution in [3.8, 4) is 17.2 Å². The lowest BCUT2D eigenvalue weighted by Gasteiger charge is -2.63. The SMILES string of the molecule is COC1=C(O)C2(C)C(C=C1C)CC1(C)CN(C)[C@@H]2C2[C@@H]3SCC(N)C(=O)OC[C@@H](c4c5c(c(C)c(OC(C)=O)c43)OCO5)N21. The molecule has 1 aromatic carbocycles. The molecule has 1 aromatic rings. The zero-order valence-electron chi connectivity index (χ0n) is 26.3. The van der Waals surface area contributed by atoms with Crippen LogP contribution in [0.2, 0.25) is 0 Å². The first-order valence-electron chi connectivity index (χ1n) is 15.2. The minimum absolute atomic E-state index is 0.00345. The summed E-state index contributed by atoms with van der Waals surface area (Å²) >= 11 is 1.56. The van der Waals surface area contributed by atoms with Crippen molar-refractivity contribution in [1.82, 2.24) is 9.80 Å². The zero-order valence-corrected chi connectivity index (χ0v) is 27.1. The summed E-state index contributed by atoms with van der Waals surface area (Å²) in [5, 5.41) is 11.8. The van der Waals surface area contributed by atoms with Gasteiger partial charge in [0.05, 0.1) is 23.8 Å². The average molecular weight is 628 g/mol. The third-order valence-electron chi connectivity index (χ3n) is 10.8. The number of thioether (sulfide) groups is 1. The summed E-state index contributed by atoms with van der Waals surface area (Å²) < 4.78 is 30.0. The molecule has 6 unspecified atom stereocenters. The van der Waals surface area contributed by atoms with E-state index in [1.54, 1.807) is 18.9 Å². The van der Waals surface area contributed by atoms with Crippen molar-refractivity contribution in [3.63, 3.8) is 0 Å². The van der Waals surface area contributed by atoms with Crippen molar-refractivity contribution in [3.05, 3.63) is 39.9 Å². The van der Waals surface area contributed by atoms with Gasteiger partial charge < -0.3 is 34.5 Å². The highest BCUT2D eigenvalue weighted by molar-refractivity contribution is 7.99. The Morgan fingerprint density at radius 3 is 2.61 bits per heavy atom. The maximum absolute atomic E-state index is 13.1. The summed E-state index contributed by atoms with van der Waals surface area (Å²) in [5.74, 6) is 1.75. The summed E-state index contributed by atoms with van der Waals surface area (Å²) in [6, 6.07) is -1.68. The number of piperazine rings is 1. The number of esters is 2. The first kappa shape index (κ1) is 29.8. The number of hydrogen-bond donors (Lipinski definition) is 2.